The Kier molecular flexibility index (Phi) is 8.16. The summed E-state index contributed by atoms with van der Waals surface area (Å²) < 4.78 is 0. The second-order valence-corrected chi connectivity index (χ2v) is 4.85. The normalized spacial score (nSPS) is 14.2. The third-order valence-corrected chi connectivity index (χ3v) is 3.05. The van der Waals surface area contributed by atoms with Gasteiger partial charge in [-0.15, -0.1) is 0 Å². The van der Waals surface area contributed by atoms with E-state index in [1.807, 2.05) is 6.92 Å². The number of nitrogens with one attached hydrogen (secondary N) is 1. The number of unbranched alkanes of at least 4 members (excludes halogenated alkanes) is 3. The van der Waals surface area contributed by atoms with Crippen LogP contribution in [0.5, 0.6) is 0 Å². The Morgan fingerprint density at radius 1 is 1.31 bits per heavy atom. The summed E-state index contributed by atoms with van der Waals surface area (Å²) in [6, 6.07) is 0.209. The third kappa shape index (κ3) is 6.77. The number of hydrogen-bond donors (Lipinski definition) is 2. The number of thiocarbonyl (C=S) groups is 1. The van der Waals surface area contributed by atoms with E-state index >= 15 is 0 Å². The average Bonchev–Trinajstić information content (AvgIpc) is 2.23. The Morgan fingerprint density at radius 2 is 1.94 bits per heavy atom. The molecule has 0 radical (unpaired) electrons. The van der Waals surface area contributed by atoms with E-state index in [4.69, 9.17) is 18.0 Å². The van der Waals surface area contributed by atoms with Gasteiger partial charge in [-0.05, 0) is 20.3 Å². The molecule has 0 aromatic carbocycles. The van der Waals surface area contributed by atoms with Crippen LogP contribution in [-0.2, 0) is 4.79 Å². The summed E-state index contributed by atoms with van der Waals surface area (Å²) in [6.45, 7) is 5.95. The molecule has 0 saturated carbocycles. The van der Waals surface area contributed by atoms with Gasteiger partial charge in [-0.3, -0.25) is 4.79 Å². The summed E-state index contributed by atoms with van der Waals surface area (Å²) >= 11 is 4.79. The second kappa shape index (κ2) is 8.50. The molecule has 2 unspecified atom stereocenters. The summed E-state index contributed by atoms with van der Waals surface area (Å²) in [5.41, 5.74) is 5.42. The highest BCUT2D eigenvalue weighted by molar-refractivity contribution is 7.80. The van der Waals surface area contributed by atoms with Gasteiger partial charge in [-0.2, -0.15) is 0 Å². The Balaban J connectivity index is 3.74. The standard InChI is InChI=1S/C12H24N2OS/c1-4-5-6-7-8-9(2)14-12(15)10(3)11(13)16/h9-10H,4-8H2,1-3H3,(H2,13,16)(H,14,15). The van der Waals surface area contributed by atoms with Gasteiger partial charge in [0.2, 0.25) is 5.91 Å². The van der Waals surface area contributed by atoms with E-state index in [9.17, 15) is 4.79 Å². The predicted octanol–water partition coefficient (Wildman–Crippen LogP) is 2.38. The number of hydrogen-bond acceptors (Lipinski definition) is 2. The quantitative estimate of drug-likeness (QED) is 0.509. The average molecular weight is 244 g/mol. The minimum atomic E-state index is -0.368. The van der Waals surface area contributed by atoms with Crippen LogP contribution in [0, 0.1) is 5.92 Å². The lowest BCUT2D eigenvalue weighted by molar-refractivity contribution is -0.123. The topological polar surface area (TPSA) is 55.1 Å². The molecule has 0 aliphatic rings. The molecule has 0 aromatic heterocycles. The van der Waals surface area contributed by atoms with E-state index in [1.165, 1.54) is 19.3 Å². The van der Waals surface area contributed by atoms with E-state index in [2.05, 4.69) is 12.2 Å². The first kappa shape index (κ1) is 15.4. The summed E-state index contributed by atoms with van der Waals surface area (Å²) in [5.74, 6) is -0.427. The molecule has 0 rings (SSSR count). The molecule has 0 aromatic rings. The van der Waals surface area contributed by atoms with E-state index in [0.717, 1.165) is 12.8 Å². The molecule has 3 nitrogen and oxygen atoms in total. The highest BCUT2D eigenvalue weighted by Gasteiger charge is 2.16. The molecule has 0 saturated heterocycles. The molecule has 0 heterocycles. The highest BCUT2D eigenvalue weighted by Crippen LogP contribution is 2.06. The van der Waals surface area contributed by atoms with Crippen LogP contribution in [0.4, 0.5) is 0 Å². The van der Waals surface area contributed by atoms with Crippen molar-refractivity contribution in [2.24, 2.45) is 11.7 Å². The smallest absolute Gasteiger partial charge is 0.229 e. The number of amides is 1. The number of rotatable bonds is 8. The van der Waals surface area contributed by atoms with E-state index in [1.54, 1.807) is 6.92 Å². The zero-order valence-corrected chi connectivity index (χ0v) is 11.4. The maximum absolute atomic E-state index is 11.6. The second-order valence-electron chi connectivity index (χ2n) is 4.38. The van der Waals surface area contributed by atoms with Crippen molar-refractivity contribution in [3.8, 4) is 0 Å². The summed E-state index contributed by atoms with van der Waals surface area (Å²) in [6.07, 6.45) is 5.93. The van der Waals surface area contributed by atoms with Crippen LogP contribution in [0.1, 0.15) is 52.9 Å². The molecule has 0 bridgehead atoms. The van der Waals surface area contributed by atoms with Gasteiger partial charge in [0.25, 0.3) is 0 Å². The predicted molar refractivity (Wildman–Crippen MR) is 72.3 cm³/mol. The fourth-order valence-electron chi connectivity index (χ4n) is 1.45. The Labute approximate surface area is 104 Å². The van der Waals surface area contributed by atoms with Crippen molar-refractivity contribution in [2.45, 2.75) is 58.9 Å². The van der Waals surface area contributed by atoms with Crippen LogP contribution in [-0.4, -0.2) is 16.9 Å². The molecule has 16 heavy (non-hydrogen) atoms. The van der Waals surface area contributed by atoms with Crippen molar-refractivity contribution >= 4 is 23.1 Å². The number of nitrogens with two attached hydrogens (primary N) is 1. The molecule has 0 fully saturated rings. The van der Waals surface area contributed by atoms with Gasteiger partial charge in [0.05, 0.1) is 10.9 Å². The zero-order valence-electron chi connectivity index (χ0n) is 10.6. The number of carbonyl (C=O) groups is 1. The van der Waals surface area contributed by atoms with Crippen LogP contribution >= 0.6 is 12.2 Å². The van der Waals surface area contributed by atoms with Crippen molar-refractivity contribution in [1.82, 2.24) is 5.32 Å². The Morgan fingerprint density at radius 3 is 2.44 bits per heavy atom. The molecular formula is C12H24N2OS. The summed E-state index contributed by atoms with van der Waals surface area (Å²) in [7, 11) is 0. The van der Waals surface area contributed by atoms with Gasteiger partial charge in [-0.25, -0.2) is 0 Å². The summed E-state index contributed by atoms with van der Waals surface area (Å²) in [5, 5.41) is 2.93. The third-order valence-electron chi connectivity index (χ3n) is 2.70. The molecule has 2 atom stereocenters. The van der Waals surface area contributed by atoms with Crippen molar-refractivity contribution in [3.05, 3.63) is 0 Å². The maximum Gasteiger partial charge on any atom is 0.229 e. The fourth-order valence-corrected chi connectivity index (χ4v) is 1.55. The minimum absolute atomic E-state index is 0.0597. The molecular weight excluding hydrogens is 220 g/mol. The van der Waals surface area contributed by atoms with Crippen molar-refractivity contribution in [2.75, 3.05) is 0 Å². The van der Waals surface area contributed by atoms with Crippen molar-refractivity contribution in [1.29, 1.82) is 0 Å². The summed E-state index contributed by atoms with van der Waals surface area (Å²) in [4.78, 5) is 11.9. The van der Waals surface area contributed by atoms with Crippen LogP contribution in [0.15, 0.2) is 0 Å². The monoisotopic (exact) mass is 244 g/mol. The van der Waals surface area contributed by atoms with Gasteiger partial charge >= 0.3 is 0 Å². The Bertz CT molecular complexity index is 231. The highest BCUT2D eigenvalue weighted by atomic mass is 32.1. The van der Waals surface area contributed by atoms with Gasteiger partial charge in [0.1, 0.15) is 0 Å². The van der Waals surface area contributed by atoms with Gasteiger partial charge in [0.15, 0.2) is 0 Å². The molecule has 0 spiro atoms. The van der Waals surface area contributed by atoms with Crippen LogP contribution in [0.3, 0.4) is 0 Å². The van der Waals surface area contributed by atoms with Crippen LogP contribution in [0.25, 0.3) is 0 Å². The zero-order chi connectivity index (χ0) is 12.6. The van der Waals surface area contributed by atoms with Crippen molar-refractivity contribution in [3.63, 3.8) is 0 Å². The van der Waals surface area contributed by atoms with Crippen LogP contribution < -0.4 is 11.1 Å². The first-order valence-electron chi connectivity index (χ1n) is 6.08. The molecule has 0 aliphatic heterocycles. The number of carbonyl (C=O) groups excluding carboxylic acids is 1. The molecule has 0 aliphatic carbocycles. The molecule has 94 valence electrons. The lowest BCUT2D eigenvalue weighted by atomic mass is 10.1. The first-order chi connectivity index (χ1) is 7.49. The largest absolute Gasteiger partial charge is 0.393 e. The Hall–Kier alpha value is -0.640. The van der Waals surface area contributed by atoms with E-state index < -0.39 is 0 Å². The maximum atomic E-state index is 11.6. The van der Waals surface area contributed by atoms with E-state index in [-0.39, 0.29) is 22.9 Å². The first-order valence-corrected chi connectivity index (χ1v) is 6.49. The molecule has 3 N–H and O–H groups in total. The lowest BCUT2D eigenvalue weighted by Gasteiger charge is -2.16. The van der Waals surface area contributed by atoms with Crippen molar-refractivity contribution < 1.29 is 4.79 Å². The molecule has 1 amide bonds. The van der Waals surface area contributed by atoms with Gasteiger partial charge < -0.3 is 11.1 Å². The van der Waals surface area contributed by atoms with E-state index in [0.29, 0.717) is 0 Å². The molecule has 4 heteroatoms. The van der Waals surface area contributed by atoms with Gasteiger partial charge in [0, 0.05) is 6.04 Å². The lowest BCUT2D eigenvalue weighted by Crippen LogP contribution is -2.40. The minimum Gasteiger partial charge on any atom is -0.393 e. The van der Waals surface area contributed by atoms with Crippen LogP contribution in [0.2, 0.25) is 0 Å². The SMILES string of the molecule is CCCCCCC(C)NC(=O)C(C)C(N)=S. The fraction of sp³-hybridized carbons (Fsp3) is 0.833. The van der Waals surface area contributed by atoms with Gasteiger partial charge in [-0.1, -0.05) is 44.8 Å².